The van der Waals surface area contributed by atoms with Crippen LogP contribution in [0.2, 0.25) is 0 Å². The van der Waals surface area contributed by atoms with Crippen molar-refractivity contribution >= 4 is 33.3 Å². The maximum absolute atomic E-state index is 13.4. The summed E-state index contributed by atoms with van der Waals surface area (Å²) in [4.78, 5) is 20.4. The van der Waals surface area contributed by atoms with Crippen LogP contribution in [0.25, 0.3) is 15.9 Å². The third-order valence-corrected chi connectivity index (χ3v) is 7.07. The highest BCUT2D eigenvalue weighted by molar-refractivity contribution is 7.99. The second-order valence-corrected chi connectivity index (χ2v) is 8.82. The van der Waals surface area contributed by atoms with Crippen LogP contribution in [0.15, 0.2) is 34.2 Å². The number of hydrogen-bond acceptors (Lipinski definition) is 5. The van der Waals surface area contributed by atoms with Crippen molar-refractivity contribution in [2.24, 2.45) is 5.92 Å². The smallest absolute Gasteiger partial charge is 0.267 e. The molecule has 4 rings (SSSR count). The van der Waals surface area contributed by atoms with Gasteiger partial charge in [0.15, 0.2) is 5.16 Å². The molecule has 0 spiro atoms. The van der Waals surface area contributed by atoms with Crippen molar-refractivity contribution in [1.29, 1.82) is 5.26 Å². The zero-order valence-electron chi connectivity index (χ0n) is 14.8. The highest BCUT2D eigenvalue weighted by Crippen LogP contribution is 2.36. The van der Waals surface area contributed by atoms with Gasteiger partial charge in [0.05, 0.1) is 23.1 Å². The fourth-order valence-corrected chi connectivity index (χ4v) is 5.54. The molecule has 1 atom stereocenters. The van der Waals surface area contributed by atoms with E-state index in [-0.39, 0.29) is 11.5 Å². The third kappa shape index (κ3) is 2.95. The van der Waals surface area contributed by atoms with Gasteiger partial charge >= 0.3 is 0 Å². The summed E-state index contributed by atoms with van der Waals surface area (Å²) in [6.07, 6.45) is 3.14. The highest BCUT2D eigenvalue weighted by atomic mass is 32.2. The lowest BCUT2D eigenvalue weighted by molar-refractivity contribution is 0.808. The first-order valence-corrected chi connectivity index (χ1v) is 10.6. The molecular weight excluding hydrogens is 362 g/mol. The second-order valence-electron chi connectivity index (χ2n) is 6.75. The fourth-order valence-electron chi connectivity index (χ4n) is 3.28. The van der Waals surface area contributed by atoms with Crippen LogP contribution in [-0.2, 0) is 12.8 Å². The molecule has 0 radical (unpaired) electrons. The van der Waals surface area contributed by atoms with Crippen molar-refractivity contribution in [3.63, 3.8) is 0 Å². The average Bonchev–Trinajstić information content (AvgIpc) is 3.21. The molecule has 26 heavy (non-hydrogen) atoms. The maximum Gasteiger partial charge on any atom is 0.267 e. The van der Waals surface area contributed by atoms with Crippen molar-refractivity contribution in [2.75, 3.05) is 5.75 Å². The van der Waals surface area contributed by atoms with Crippen LogP contribution in [0.3, 0.4) is 0 Å². The molecule has 0 unspecified atom stereocenters. The number of rotatable bonds is 4. The Balaban J connectivity index is 1.93. The Morgan fingerprint density at radius 2 is 2.12 bits per heavy atom. The summed E-state index contributed by atoms with van der Waals surface area (Å²) in [5.41, 5.74) is 3.20. The second kappa shape index (κ2) is 6.90. The first kappa shape index (κ1) is 17.3. The lowest BCUT2D eigenvalue weighted by atomic mass is 10.2. The van der Waals surface area contributed by atoms with Crippen LogP contribution >= 0.6 is 23.1 Å². The molecule has 1 aromatic carbocycles. The topological polar surface area (TPSA) is 58.7 Å². The minimum Gasteiger partial charge on any atom is -0.268 e. The molecule has 0 bridgehead atoms. The Labute approximate surface area is 160 Å². The van der Waals surface area contributed by atoms with Gasteiger partial charge in [0.2, 0.25) is 0 Å². The summed E-state index contributed by atoms with van der Waals surface area (Å²) in [5, 5.41) is 10.6. The van der Waals surface area contributed by atoms with E-state index in [0.717, 1.165) is 40.7 Å². The van der Waals surface area contributed by atoms with Gasteiger partial charge in [-0.25, -0.2) is 4.98 Å². The molecule has 4 nitrogen and oxygen atoms in total. The van der Waals surface area contributed by atoms with Gasteiger partial charge in [0, 0.05) is 10.6 Å². The average molecular weight is 382 g/mol. The predicted octanol–water partition coefficient (Wildman–Crippen LogP) is 4.50. The van der Waals surface area contributed by atoms with Gasteiger partial charge in [-0.3, -0.25) is 9.36 Å². The number of nitrogens with zero attached hydrogens (tertiary/aromatic N) is 3. The first-order valence-electron chi connectivity index (χ1n) is 8.75. The number of thiophene rings is 1. The predicted molar refractivity (Wildman–Crippen MR) is 107 cm³/mol. The van der Waals surface area contributed by atoms with Crippen LogP contribution < -0.4 is 5.56 Å². The SMILES string of the molecule is Cc1ccc(-n2c(SC[C@H](C)C#N)nc3sc4c(c3c2=O)CCC4)cc1. The minimum absolute atomic E-state index is 0.0189. The standard InChI is InChI=1S/C20H19N3OS2/c1-12-6-8-14(9-7-12)23-19(24)17-15-4-3-5-16(15)26-18(17)22-20(23)25-11-13(2)10-21/h6-9,13H,3-5,11H2,1-2H3/t13-/m1/s1. The number of hydrogen-bond donors (Lipinski definition) is 0. The molecule has 0 aliphatic heterocycles. The first-order chi connectivity index (χ1) is 12.6. The molecule has 2 heterocycles. The van der Waals surface area contributed by atoms with Crippen molar-refractivity contribution in [3.05, 3.63) is 50.6 Å². The molecule has 0 N–H and O–H groups in total. The van der Waals surface area contributed by atoms with Gasteiger partial charge in [-0.05, 0) is 50.8 Å². The van der Waals surface area contributed by atoms with Gasteiger partial charge in [-0.2, -0.15) is 5.26 Å². The van der Waals surface area contributed by atoms with Crippen molar-refractivity contribution in [3.8, 4) is 11.8 Å². The molecule has 0 amide bonds. The van der Waals surface area contributed by atoms with Crippen LogP contribution in [0, 0.1) is 24.2 Å². The molecule has 1 aliphatic carbocycles. The third-order valence-electron chi connectivity index (χ3n) is 4.68. The number of fused-ring (bicyclic) bond motifs is 3. The molecule has 0 saturated heterocycles. The zero-order valence-corrected chi connectivity index (χ0v) is 16.4. The summed E-state index contributed by atoms with van der Waals surface area (Å²) < 4.78 is 1.72. The van der Waals surface area contributed by atoms with Gasteiger partial charge in [0.25, 0.3) is 5.56 Å². The normalized spacial score (nSPS) is 14.3. The van der Waals surface area contributed by atoms with E-state index in [0.29, 0.717) is 10.9 Å². The summed E-state index contributed by atoms with van der Waals surface area (Å²) in [6.45, 7) is 3.92. The van der Waals surface area contributed by atoms with Crippen LogP contribution in [0.4, 0.5) is 0 Å². The van der Waals surface area contributed by atoms with Crippen LogP contribution in [0.1, 0.15) is 29.3 Å². The van der Waals surface area contributed by atoms with Gasteiger partial charge in [0.1, 0.15) is 4.83 Å². The molecule has 3 aromatic rings. The van der Waals surface area contributed by atoms with E-state index in [1.807, 2.05) is 38.1 Å². The van der Waals surface area contributed by atoms with Crippen molar-refractivity contribution < 1.29 is 0 Å². The lowest BCUT2D eigenvalue weighted by Crippen LogP contribution is -2.22. The van der Waals surface area contributed by atoms with Gasteiger partial charge < -0.3 is 0 Å². The van der Waals surface area contributed by atoms with E-state index >= 15 is 0 Å². The van der Waals surface area contributed by atoms with E-state index in [1.165, 1.54) is 22.2 Å². The van der Waals surface area contributed by atoms with Crippen molar-refractivity contribution in [2.45, 2.75) is 38.3 Å². The summed E-state index contributed by atoms with van der Waals surface area (Å²) in [6, 6.07) is 10.2. The Hall–Kier alpha value is -2.10. The van der Waals surface area contributed by atoms with E-state index in [4.69, 9.17) is 10.2 Å². The maximum atomic E-state index is 13.4. The zero-order chi connectivity index (χ0) is 18.3. The molecule has 0 saturated carbocycles. The number of nitriles is 1. The van der Waals surface area contributed by atoms with E-state index in [1.54, 1.807) is 15.9 Å². The van der Waals surface area contributed by atoms with Crippen molar-refractivity contribution in [1.82, 2.24) is 9.55 Å². The number of benzene rings is 1. The molecule has 2 aromatic heterocycles. The molecular formula is C20H19N3OS2. The summed E-state index contributed by atoms with van der Waals surface area (Å²) in [7, 11) is 0. The number of aromatic nitrogens is 2. The van der Waals surface area contributed by atoms with E-state index in [9.17, 15) is 4.79 Å². The molecule has 0 fully saturated rings. The lowest BCUT2D eigenvalue weighted by Gasteiger charge is -2.13. The number of aryl methyl sites for hydroxylation is 3. The van der Waals surface area contributed by atoms with Gasteiger partial charge in [-0.15, -0.1) is 11.3 Å². The van der Waals surface area contributed by atoms with Gasteiger partial charge in [-0.1, -0.05) is 29.5 Å². The van der Waals surface area contributed by atoms with E-state index < -0.39 is 0 Å². The monoisotopic (exact) mass is 381 g/mol. The van der Waals surface area contributed by atoms with Crippen LogP contribution in [-0.4, -0.2) is 15.3 Å². The summed E-state index contributed by atoms with van der Waals surface area (Å²) in [5.74, 6) is 0.526. The fraction of sp³-hybridized carbons (Fsp3) is 0.350. The number of thioether (sulfide) groups is 1. The Morgan fingerprint density at radius 1 is 1.35 bits per heavy atom. The quantitative estimate of drug-likeness (QED) is 0.493. The largest absolute Gasteiger partial charge is 0.268 e. The van der Waals surface area contributed by atoms with Crippen LogP contribution in [0.5, 0.6) is 0 Å². The Kier molecular flexibility index (Phi) is 4.60. The Morgan fingerprint density at radius 3 is 2.85 bits per heavy atom. The highest BCUT2D eigenvalue weighted by Gasteiger charge is 2.24. The molecule has 1 aliphatic rings. The molecule has 132 valence electrons. The Bertz CT molecular complexity index is 1070. The molecule has 6 heteroatoms. The van der Waals surface area contributed by atoms with E-state index in [2.05, 4.69) is 6.07 Å². The summed E-state index contributed by atoms with van der Waals surface area (Å²) >= 11 is 3.14. The minimum atomic E-state index is -0.0904.